The molecule has 0 radical (unpaired) electrons. The van der Waals surface area contributed by atoms with Crippen LogP contribution in [0.2, 0.25) is 0 Å². The lowest BCUT2D eigenvalue weighted by Crippen LogP contribution is -2.23. The normalized spacial score (nSPS) is 11.6. The molecule has 1 heterocycles. The number of nitro groups is 1. The molecule has 0 saturated heterocycles. The van der Waals surface area contributed by atoms with Crippen molar-refractivity contribution in [3.8, 4) is 5.75 Å². The second-order valence-corrected chi connectivity index (χ2v) is 10.2. The largest absolute Gasteiger partial charge is 0.421 e. The summed E-state index contributed by atoms with van der Waals surface area (Å²) in [6.45, 7) is 3.83. The van der Waals surface area contributed by atoms with Crippen LogP contribution in [0.3, 0.4) is 0 Å². The van der Waals surface area contributed by atoms with Gasteiger partial charge in [0, 0.05) is 34.2 Å². The Morgan fingerprint density at radius 1 is 1.13 bits per heavy atom. The summed E-state index contributed by atoms with van der Waals surface area (Å²) in [4.78, 5) is 40.9. The molecule has 0 atom stereocenters. The van der Waals surface area contributed by atoms with Crippen LogP contribution < -0.4 is 10.3 Å². The molecule has 0 aliphatic carbocycles. The molecule has 3 aromatic carbocycles. The van der Waals surface area contributed by atoms with E-state index in [4.69, 9.17) is 4.74 Å². The molecule has 0 aliphatic heterocycles. The number of hydrogen-bond acceptors (Lipinski definition) is 7. The maximum atomic E-state index is 13.2. The number of hydrogen-bond donors (Lipinski definition) is 0. The number of halogens is 2. The zero-order chi connectivity index (χ0) is 27.4. The maximum Gasteiger partial charge on any atom is 0.336 e. The van der Waals surface area contributed by atoms with Gasteiger partial charge >= 0.3 is 5.97 Å². The van der Waals surface area contributed by atoms with Gasteiger partial charge in [-0.05, 0) is 51.8 Å². The predicted octanol–water partition coefficient (Wildman–Crippen LogP) is 6.45. The molecule has 4 rings (SSSR count). The number of carbonyl (C=O) groups is 1. The first-order valence-corrected chi connectivity index (χ1v) is 12.9. The van der Waals surface area contributed by atoms with E-state index in [2.05, 4.69) is 41.9 Å². The van der Waals surface area contributed by atoms with Gasteiger partial charge in [-0.1, -0.05) is 54.0 Å². The Morgan fingerprint density at radius 3 is 2.63 bits per heavy atom. The van der Waals surface area contributed by atoms with Crippen LogP contribution in [0.15, 0.2) is 85.6 Å². The van der Waals surface area contributed by atoms with Crippen LogP contribution >= 0.6 is 31.9 Å². The highest BCUT2D eigenvalue weighted by molar-refractivity contribution is 9.11. The van der Waals surface area contributed by atoms with Crippen LogP contribution in [0, 0.1) is 10.1 Å². The molecule has 0 saturated carbocycles. The maximum absolute atomic E-state index is 13.2. The predicted molar refractivity (Wildman–Crippen MR) is 153 cm³/mol. The topological polar surface area (TPSA) is 117 Å². The van der Waals surface area contributed by atoms with E-state index in [1.54, 1.807) is 36.4 Å². The third-order valence-corrected chi connectivity index (χ3v) is 6.39. The minimum absolute atomic E-state index is 0.0880. The average molecular weight is 640 g/mol. The lowest BCUT2D eigenvalue weighted by atomic mass is 10.2. The number of nitrogens with zero attached hydrogens (tertiary/aromatic N) is 4. The van der Waals surface area contributed by atoms with Crippen molar-refractivity contribution < 1.29 is 14.5 Å². The van der Waals surface area contributed by atoms with Crippen LogP contribution in [0.25, 0.3) is 17.0 Å². The monoisotopic (exact) mass is 638 g/mol. The van der Waals surface area contributed by atoms with E-state index < -0.39 is 10.9 Å². The summed E-state index contributed by atoms with van der Waals surface area (Å²) >= 11 is 6.83. The SMILES string of the molecule is CC(C)c1nc2ccccc2c(=O)n1N=Cc1cc(Br)cc(Br)c1OC(=O)/C=C/c1cccc([N+](=O)[O-])c1. The summed E-state index contributed by atoms with van der Waals surface area (Å²) in [5.41, 5.74) is 1.07. The number of benzene rings is 3. The van der Waals surface area contributed by atoms with Gasteiger partial charge in [-0.25, -0.2) is 9.78 Å². The zero-order valence-corrected chi connectivity index (χ0v) is 23.3. The standard InChI is InChI=1S/C27H20Br2N4O5/c1-16(2)26-31-23-9-4-3-8-21(23)27(35)32(26)30-15-18-13-19(28)14-22(29)25(18)38-24(34)11-10-17-6-5-7-20(12-17)33(36)37/h3-16H,1-2H3/b11-10+,30-15?. The first kappa shape index (κ1) is 27.1. The molecular formula is C27H20Br2N4O5. The number of carbonyl (C=O) groups excluding carboxylic acids is 1. The zero-order valence-electron chi connectivity index (χ0n) is 20.2. The fraction of sp³-hybridized carbons (Fsp3) is 0.111. The molecule has 0 fully saturated rings. The second-order valence-electron chi connectivity index (χ2n) is 8.42. The molecule has 0 amide bonds. The fourth-order valence-corrected chi connectivity index (χ4v) is 4.91. The van der Waals surface area contributed by atoms with Gasteiger partial charge in [0.2, 0.25) is 0 Å². The summed E-state index contributed by atoms with van der Waals surface area (Å²) in [5, 5.41) is 15.8. The van der Waals surface area contributed by atoms with E-state index in [0.717, 1.165) is 0 Å². The lowest BCUT2D eigenvalue weighted by molar-refractivity contribution is -0.384. The number of esters is 1. The van der Waals surface area contributed by atoms with E-state index >= 15 is 0 Å². The third kappa shape index (κ3) is 6.12. The minimum Gasteiger partial charge on any atom is -0.421 e. The molecule has 0 unspecified atom stereocenters. The van der Waals surface area contributed by atoms with Gasteiger partial charge < -0.3 is 4.74 Å². The molecule has 0 spiro atoms. The fourth-order valence-electron chi connectivity index (χ4n) is 3.57. The Morgan fingerprint density at radius 2 is 1.89 bits per heavy atom. The van der Waals surface area contributed by atoms with Crippen molar-refractivity contribution in [2.75, 3.05) is 0 Å². The summed E-state index contributed by atoms with van der Waals surface area (Å²) < 4.78 is 7.98. The molecule has 0 N–H and O–H groups in total. The van der Waals surface area contributed by atoms with Crippen molar-refractivity contribution in [3.63, 3.8) is 0 Å². The molecular weight excluding hydrogens is 620 g/mol. The van der Waals surface area contributed by atoms with Crippen LogP contribution in [0.5, 0.6) is 5.75 Å². The number of non-ortho nitro benzene ring substituents is 1. The van der Waals surface area contributed by atoms with Gasteiger partial charge in [0.1, 0.15) is 5.82 Å². The van der Waals surface area contributed by atoms with Crippen molar-refractivity contribution in [1.82, 2.24) is 9.66 Å². The quantitative estimate of drug-likeness (QED) is 0.0573. The Labute approximate surface area is 233 Å². The molecule has 1 aromatic heterocycles. The van der Waals surface area contributed by atoms with Gasteiger partial charge in [-0.3, -0.25) is 14.9 Å². The molecule has 38 heavy (non-hydrogen) atoms. The van der Waals surface area contributed by atoms with E-state index in [0.29, 0.717) is 36.8 Å². The Kier molecular flexibility index (Phi) is 8.28. The number of para-hydroxylation sites is 1. The van der Waals surface area contributed by atoms with Gasteiger partial charge in [-0.15, -0.1) is 0 Å². The van der Waals surface area contributed by atoms with Gasteiger partial charge in [0.05, 0.1) is 26.5 Å². The van der Waals surface area contributed by atoms with Crippen molar-refractivity contribution in [2.24, 2.45) is 5.10 Å². The number of nitro benzene ring substituents is 1. The Bertz CT molecular complexity index is 1680. The highest BCUT2D eigenvalue weighted by Gasteiger charge is 2.15. The van der Waals surface area contributed by atoms with E-state index in [-0.39, 0.29) is 22.9 Å². The molecule has 9 nitrogen and oxygen atoms in total. The van der Waals surface area contributed by atoms with E-state index in [1.165, 1.54) is 41.2 Å². The van der Waals surface area contributed by atoms with Crippen LogP contribution in [0.4, 0.5) is 5.69 Å². The number of ether oxygens (including phenoxy) is 1. The first-order valence-electron chi connectivity index (χ1n) is 11.3. The van der Waals surface area contributed by atoms with Crippen molar-refractivity contribution >= 4 is 66.7 Å². The first-order chi connectivity index (χ1) is 18.1. The van der Waals surface area contributed by atoms with E-state index in [1.807, 2.05) is 19.9 Å². The van der Waals surface area contributed by atoms with Crippen molar-refractivity contribution in [1.29, 1.82) is 0 Å². The Balaban J connectivity index is 1.68. The Hall–Kier alpha value is -3.96. The van der Waals surface area contributed by atoms with Crippen LogP contribution in [0.1, 0.15) is 36.7 Å². The van der Waals surface area contributed by atoms with Gasteiger partial charge in [-0.2, -0.15) is 9.78 Å². The second kappa shape index (κ2) is 11.6. The molecule has 0 aliphatic rings. The van der Waals surface area contributed by atoms with Crippen LogP contribution in [-0.2, 0) is 4.79 Å². The molecule has 0 bridgehead atoms. The molecule has 192 valence electrons. The highest BCUT2D eigenvalue weighted by Crippen LogP contribution is 2.32. The lowest BCUT2D eigenvalue weighted by Gasteiger charge is -2.12. The third-order valence-electron chi connectivity index (χ3n) is 5.34. The summed E-state index contributed by atoms with van der Waals surface area (Å²) in [6, 6.07) is 16.3. The minimum atomic E-state index is -0.707. The van der Waals surface area contributed by atoms with Gasteiger partial charge in [0.25, 0.3) is 11.2 Å². The summed E-state index contributed by atoms with van der Waals surface area (Å²) in [6.07, 6.45) is 4.01. The number of rotatable bonds is 7. The van der Waals surface area contributed by atoms with E-state index in [9.17, 15) is 19.7 Å². The summed E-state index contributed by atoms with van der Waals surface area (Å²) in [5.74, 6) is -0.132. The molecule has 4 aromatic rings. The smallest absolute Gasteiger partial charge is 0.336 e. The average Bonchev–Trinajstić information content (AvgIpc) is 2.88. The number of aromatic nitrogens is 2. The highest BCUT2D eigenvalue weighted by atomic mass is 79.9. The van der Waals surface area contributed by atoms with Crippen LogP contribution in [-0.4, -0.2) is 26.8 Å². The summed E-state index contributed by atoms with van der Waals surface area (Å²) in [7, 11) is 0. The number of fused-ring (bicyclic) bond motifs is 1. The van der Waals surface area contributed by atoms with Crippen molar-refractivity contribution in [2.45, 2.75) is 19.8 Å². The van der Waals surface area contributed by atoms with Gasteiger partial charge in [0.15, 0.2) is 5.75 Å². The van der Waals surface area contributed by atoms with Crippen molar-refractivity contribution in [3.05, 3.63) is 113 Å². The molecule has 11 heteroatoms.